The smallest absolute Gasteiger partial charge is 0.236 e. The average Bonchev–Trinajstić information content (AvgIpc) is 2.42. The molecule has 0 radical (unpaired) electrons. The van der Waals surface area contributed by atoms with Gasteiger partial charge in [-0.05, 0) is 17.7 Å². The van der Waals surface area contributed by atoms with Gasteiger partial charge in [-0.25, -0.2) is 8.78 Å². The number of rotatable bonds is 2. The summed E-state index contributed by atoms with van der Waals surface area (Å²) in [6.07, 6.45) is -0.684. The van der Waals surface area contributed by atoms with Gasteiger partial charge in [0, 0.05) is 6.54 Å². The molecule has 2 rings (SSSR count). The topological polar surface area (TPSA) is 53.3 Å². The summed E-state index contributed by atoms with van der Waals surface area (Å²) in [4.78, 5) is 13.1. The van der Waals surface area contributed by atoms with E-state index in [9.17, 15) is 13.6 Å². The number of halogens is 2. The van der Waals surface area contributed by atoms with Gasteiger partial charge in [0.2, 0.25) is 5.91 Å². The number of hydrogen-bond donors (Lipinski definition) is 0. The van der Waals surface area contributed by atoms with Gasteiger partial charge in [0.1, 0.15) is 12.5 Å². The Bertz CT molecular complexity index is 528. The van der Waals surface area contributed by atoms with E-state index >= 15 is 0 Å². The molecule has 1 aromatic carbocycles. The number of benzene rings is 1. The normalized spacial score (nSPS) is 19.0. The molecule has 1 atom stereocenters. The van der Waals surface area contributed by atoms with Crippen LogP contribution in [0, 0.1) is 23.0 Å². The van der Waals surface area contributed by atoms with Crippen molar-refractivity contribution in [3.05, 3.63) is 35.4 Å². The van der Waals surface area contributed by atoms with Gasteiger partial charge in [0.25, 0.3) is 0 Å². The summed E-state index contributed by atoms with van der Waals surface area (Å²) in [5, 5.41) is 8.50. The Labute approximate surface area is 109 Å². The van der Waals surface area contributed by atoms with Crippen LogP contribution in [0.2, 0.25) is 0 Å². The maximum Gasteiger partial charge on any atom is 0.236 e. The zero-order valence-corrected chi connectivity index (χ0v) is 10.1. The highest BCUT2D eigenvalue weighted by molar-refractivity contribution is 5.78. The summed E-state index contributed by atoms with van der Waals surface area (Å²) in [5.41, 5.74) is 0.480. The number of hydrogen-bond acceptors (Lipinski definition) is 3. The highest BCUT2D eigenvalue weighted by atomic mass is 19.2. The molecule has 1 aromatic rings. The summed E-state index contributed by atoms with van der Waals surface area (Å²) < 4.78 is 31.5. The molecule has 1 amide bonds. The van der Waals surface area contributed by atoms with Crippen molar-refractivity contribution in [3.8, 4) is 6.07 Å². The lowest BCUT2D eigenvalue weighted by molar-refractivity contribution is -0.137. The van der Waals surface area contributed by atoms with E-state index in [4.69, 9.17) is 10.00 Å². The van der Waals surface area contributed by atoms with Gasteiger partial charge in [-0.1, -0.05) is 6.07 Å². The van der Waals surface area contributed by atoms with Gasteiger partial charge in [-0.15, -0.1) is 0 Å². The second kappa shape index (κ2) is 5.76. The molecule has 1 aliphatic rings. The van der Waals surface area contributed by atoms with Crippen LogP contribution in [-0.2, 0) is 9.53 Å². The van der Waals surface area contributed by atoms with Crippen LogP contribution in [0.3, 0.4) is 0 Å². The van der Waals surface area contributed by atoms with E-state index in [1.54, 1.807) is 6.07 Å². The summed E-state index contributed by atoms with van der Waals surface area (Å²) in [5.74, 6) is -2.14. The van der Waals surface area contributed by atoms with Crippen molar-refractivity contribution in [3.63, 3.8) is 0 Å². The minimum Gasteiger partial charge on any atom is -0.370 e. The van der Waals surface area contributed by atoms with E-state index < -0.39 is 17.7 Å². The van der Waals surface area contributed by atoms with Crippen LogP contribution in [0.4, 0.5) is 8.78 Å². The highest BCUT2D eigenvalue weighted by Gasteiger charge is 2.25. The monoisotopic (exact) mass is 266 g/mol. The van der Waals surface area contributed by atoms with Crippen LogP contribution in [-0.4, -0.2) is 30.5 Å². The third-order valence-electron chi connectivity index (χ3n) is 2.96. The average molecular weight is 266 g/mol. The Hall–Kier alpha value is -2.00. The molecular weight excluding hydrogens is 254 g/mol. The molecule has 0 unspecified atom stereocenters. The highest BCUT2D eigenvalue weighted by Crippen LogP contribution is 2.24. The van der Waals surface area contributed by atoms with Crippen molar-refractivity contribution in [2.45, 2.75) is 12.5 Å². The van der Waals surface area contributed by atoms with E-state index in [0.29, 0.717) is 18.7 Å². The van der Waals surface area contributed by atoms with Crippen LogP contribution < -0.4 is 0 Å². The van der Waals surface area contributed by atoms with Gasteiger partial charge in [-0.2, -0.15) is 5.26 Å². The maximum atomic E-state index is 13.2. The van der Waals surface area contributed by atoms with Crippen LogP contribution in [0.25, 0.3) is 0 Å². The second-order valence-corrected chi connectivity index (χ2v) is 4.21. The van der Waals surface area contributed by atoms with Crippen molar-refractivity contribution in [2.24, 2.45) is 0 Å². The van der Waals surface area contributed by atoms with E-state index in [1.165, 1.54) is 11.0 Å². The lowest BCUT2D eigenvalue weighted by Gasteiger charge is -2.32. The van der Waals surface area contributed by atoms with Crippen molar-refractivity contribution in [2.75, 3.05) is 19.7 Å². The van der Waals surface area contributed by atoms with E-state index in [2.05, 4.69) is 0 Å². The van der Waals surface area contributed by atoms with Crippen LogP contribution in [0.15, 0.2) is 18.2 Å². The van der Waals surface area contributed by atoms with Gasteiger partial charge < -0.3 is 9.64 Å². The lowest BCUT2D eigenvalue weighted by atomic mass is 10.1. The number of carbonyl (C=O) groups excluding carboxylic acids is 1. The second-order valence-electron chi connectivity index (χ2n) is 4.21. The minimum atomic E-state index is -0.943. The lowest BCUT2D eigenvalue weighted by Crippen LogP contribution is -2.42. The summed E-state index contributed by atoms with van der Waals surface area (Å²) in [6, 6.07) is 5.33. The third kappa shape index (κ3) is 3.06. The molecule has 100 valence electrons. The molecule has 1 heterocycles. The Morgan fingerprint density at radius 3 is 2.95 bits per heavy atom. The van der Waals surface area contributed by atoms with E-state index in [1.807, 2.05) is 0 Å². The van der Waals surface area contributed by atoms with Crippen LogP contribution in [0.1, 0.15) is 18.1 Å². The molecule has 1 saturated heterocycles. The molecular formula is C13H12F2N2O2. The fraction of sp³-hybridized carbons (Fsp3) is 0.385. The summed E-state index contributed by atoms with van der Waals surface area (Å²) in [6.45, 7) is 0.951. The molecule has 19 heavy (non-hydrogen) atoms. The van der Waals surface area contributed by atoms with E-state index in [-0.39, 0.29) is 18.9 Å². The maximum absolute atomic E-state index is 13.2. The first-order chi connectivity index (χ1) is 9.11. The fourth-order valence-corrected chi connectivity index (χ4v) is 1.97. The molecule has 0 bridgehead atoms. The van der Waals surface area contributed by atoms with Crippen molar-refractivity contribution in [1.82, 2.24) is 4.90 Å². The molecule has 0 spiro atoms. The number of morpholine rings is 1. The van der Waals surface area contributed by atoms with Crippen molar-refractivity contribution >= 4 is 5.91 Å². The molecule has 0 saturated carbocycles. The summed E-state index contributed by atoms with van der Waals surface area (Å²) in [7, 11) is 0. The Balaban J connectivity index is 2.10. The van der Waals surface area contributed by atoms with E-state index in [0.717, 1.165) is 12.1 Å². The number of nitrogens with zero attached hydrogens (tertiary/aromatic N) is 2. The number of ether oxygens (including phenoxy) is 1. The fourth-order valence-electron chi connectivity index (χ4n) is 1.97. The van der Waals surface area contributed by atoms with Crippen LogP contribution >= 0.6 is 0 Å². The quantitative estimate of drug-likeness (QED) is 0.819. The molecule has 4 nitrogen and oxygen atoms in total. The molecule has 1 fully saturated rings. The van der Waals surface area contributed by atoms with Gasteiger partial charge in [0.05, 0.1) is 19.2 Å². The summed E-state index contributed by atoms with van der Waals surface area (Å²) >= 11 is 0. The van der Waals surface area contributed by atoms with Crippen LogP contribution in [0.5, 0.6) is 0 Å². The van der Waals surface area contributed by atoms with Gasteiger partial charge in [-0.3, -0.25) is 4.79 Å². The van der Waals surface area contributed by atoms with Crippen molar-refractivity contribution in [1.29, 1.82) is 5.26 Å². The SMILES string of the molecule is N#CCC(=O)N1CCO[C@H](c2ccc(F)c(F)c2)C1. The predicted molar refractivity (Wildman–Crippen MR) is 61.9 cm³/mol. The zero-order valence-electron chi connectivity index (χ0n) is 10.1. The largest absolute Gasteiger partial charge is 0.370 e. The molecule has 6 heteroatoms. The van der Waals surface area contributed by atoms with Gasteiger partial charge in [0.15, 0.2) is 11.6 Å². The first kappa shape index (κ1) is 13.4. The minimum absolute atomic E-state index is 0.190. The molecule has 0 aromatic heterocycles. The Morgan fingerprint density at radius 2 is 2.26 bits per heavy atom. The Morgan fingerprint density at radius 1 is 1.47 bits per heavy atom. The number of amides is 1. The Kier molecular flexibility index (Phi) is 4.07. The molecule has 0 aliphatic carbocycles. The first-order valence-corrected chi connectivity index (χ1v) is 5.83. The zero-order chi connectivity index (χ0) is 13.8. The third-order valence-corrected chi connectivity index (χ3v) is 2.96. The molecule has 1 aliphatic heterocycles. The first-order valence-electron chi connectivity index (χ1n) is 5.83. The van der Waals surface area contributed by atoms with Gasteiger partial charge >= 0.3 is 0 Å². The van der Waals surface area contributed by atoms with Crippen molar-refractivity contribution < 1.29 is 18.3 Å². The predicted octanol–water partition coefficient (Wildman–Crippen LogP) is 1.78. The number of carbonyl (C=O) groups is 1. The number of nitriles is 1. The molecule has 0 N–H and O–H groups in total. The standard InChI is InChI=1S/C13H12F2N2O2/c14-10-2-1-9(7-11(10)15)12-8-17(5-6-19-12)13(18)3-4-16/h1-2,7,12H,3,5-6,8H2/t12-/m0/s1.